The molecule has 0 bridgehead atoms. The van der Waals surface area contributed by atoms with Crippen LogP contribution in [0.15, 0.2) is 24.3 Å². The summed E-state index contributed by atoms with van der Waals surface area (Å²) in [4.78, 5) is 21.7. The Labute approximate surface area is 101 Å². The summed E-state index contributed by atoms with van der Waals surface area (Å²) in [5, 5.41) is 11.2. The Balaban J connectivity index is 2.25. The quantitative estimate of drug-likeness (QED) is 0.745. The van der Waals surface area contributed by atoms with E-state index in [4.69, 9.17) is 5.11 Å². The van der Waals surface area contributed by atoms with Gasteiger partial charge in [-0.25, -0.2) is 0 Å². The second-order valence-electron chi connectivity index (χ2n) is 4.02. The highest BCUT2D eigenvalue weighted by atomic mass is 16.4. The molecule has 0 radical (unpaired) electrons. The van der Waals surface area contributed by atoms with Crippen molar-refractivity contribution in [2.24, 2.45) is 0 Å². The molecule has 4 nitrogen and oxygen atoms in total. The van der Waals surface area contributed by atoms with Gasteiger partial charge in [0.2, 0.25) is 5.91 Å². The highest BCUT2D eigenvalue weighted by Crippen LogP contribution is 2.09. The van der Waals surface area contributed by atoms with Crippen LogP contribution in [0.5, 0.6) is 0 Å². The molecule has 0 saturated heterocycles. The molecular formula is C13H17NO3. The van der Waals surface area contributed by atoms with Gasteiger partial charge in [0.05, 0.1) is 0 Å². The summed E-state index contributed by atoms with van der Waals surface area (Å²) in [6, 6.07) is 7.56. The van der Waals surface area contributed by atoms with Gasteiger partial charge in [-0.1, -0.05) is 17.7 Å². The van der Waals surface area contributed by atoms with Crippen LogP contribution in [0.1, 0.15) is 31.2 Å². The van der Waals surface area contributed by atoms with Crippen molar-refractivity contribution >= 4 is 17.6 Å². The summed E-state index contributed by atoms with van der Waals surface area (Å²) in [6.07, 6.45) is 1.62. The zero-order valence-corrected chi connectivity index (χ0v) is 9.90. The molecule has 0 saturated carbocycles. The van der Waals surface area contributed by atoms with E-state index >= 15 is 0 Å². The Kier molecular flexibility index (Phi) is 5.20. The van der Waals surface area contributed by atoms with Gasteiger partial charge < -0.3 is 10.4 Å². The lowest BCUT2D eigenvalue weighted by Crippen LogP contribution is -2.11. The maximum atomic E-state index is 11.5. The van der Waals surface area contributed by atoms with E-state index in [1.807, 2.05) is 31.2 Å². The number of carboxylic acid groups (broad SMARTS) is 1. The van der Waals surface area contributed by atoms with Crippen LogP contribution in [0.25, 0.3) is 0 Å². The van der Waals surface area contributed by atoms with E-state index in [0.717, 1.165) is 11.3 Å². The molecule has 0 spiro atoms. The highest BCUT2D eigenvalue weighted by molar-refractivity contribution is 5.90. The van der Waals surface area contributed by atoms with Crippen LogP contribution in [0, 0.1) is 6.92 Å². The number of carbonyl (C=O) groups is 2. The van der Waals surface area contributed by atoms with Crippen LogP contribution in [0.3, 0.4) is 0 Å². The van der Waals surface area contributed by atoms with Gasteiger partial charge in [0.1, 0.15) is 0 Å². The Morgan fingerprint density at radius 1 is 1.12 bits per heavy atom. The number of aliphatic carboxylic acids is 1. The molecule has 17 heavy (non-hydrogen) atoms. The summed E-state index contributed by atoms with van der Waals surface area (Å²) >= 11 is 0. The third kappa shape index (κ3) is 5.70. The van der Waals surface area contributed by atoms with Gasteiger partial charge >= 0.3 is 5.97 Å². The Morgan fingerprint density at radius 3 is 2.29 bits per heavy atom. The number of hydrogen-bond donors (Lipinski definition) is 2. The molecule has 1 amide bonds. The predicted molar refractivity (Wildman–Crippen MR) is 65.9 cm³/mol. The van der Waals surface area contributed by atoms with E-state index in [0.29, 0.717) is 19.3 Å². The van der Waals surface area contributed by atoms with Crippen LogP contribution in [-0.2, 0) is 9.59 Å². The Bertz CT molecular complexity index is 384. The maximum absolute atomic E-state index is 11.5. The van der Waals surface area contributed by atoms with E-state index in [1.54, 1.807) is 0 Å². The fraction of sp³-hybridized carbons (Fsp3) is 0.385. The van der Waals surface area contributed by atoms with Gasteiger partial charge in [-0.15, -0.1) is 0 Å². The first-order valence-electron chi connectivity index (χ1n) is 5.66. The second kappa shape index (κ2) is 6.68. The average Bonchev–Trinajstić information content (AvgIpc) is 2.27. The number of unbranched alkanes of at least 4 members (excludes halogenated alkanes) is 1. The molecule has 0 atom stereocenters. The molecule has 92 valence electrons. The number of carboxylic acids is 1. The van der Waals surface area contributed by atoms with Crippen molar-refractivity contribution in [1.82, 2.24) is 0 Å². The molecule has 0 aliphatic carbocycles. The summed E-state index contributed by atoms with van der Waals surface area (Å²) in [5.41, 5.74) is 1.92. The maximum Gasteiger partial charge on any atom is 0.303 e. The SMILES string of the molecule is Cc1ccc(NC(=O)CCCCC(=O)O)cc1. The lowest BCUT2D eigenvalue weighted by atomic mass is 10.2. The van der Waals surface area contributed by atoms with Gasteiger partial charge in [0, 0.05) is 18.5 Å². The predicted octanol–water partition coefficient (Wildman–Crippen LogP) is 2.58. The third-order valence-electron chi connectivity index (χ3n) is 2.38. The number of anilines is 1. The molecule has 0 aliphatic heterocycles. The van der Waals surface area contributed by atoms with Crippen molar-refractivity contribution in [2.75, 3.05) is 5.32 Å². The molecule has 4 heteroatoms. The van der Waals surface area contributed by atoms with Gasteiger partial charge in [0.15, 0.2) is 0 Å². The number of amides is 1. The number of nitrogens with one attached hydrogen (secondary N) is 1. The van der Waals surface area contributed by atoms with Crippen molar-refractivity contribution in [3.63, 3.8) is 0 Å². The smallest absolute Gasteiger partial charge is 0.303 e. The summed E-state index contributed by atoms with van der Waals surface area (Å²) in [7, 11) is 0. The van der Waals surface area contributed by atoms with Crippen molar-refractivity contribution in [2.45, 2.75) is 32.6 Å². The first-order valence-corrected chi connectivity index (χ1v) is 5.66. The summed E-state index contributed by atoms with van der Waals surface area (Å²) < 4.78 is 0. The molecule has 0 aromatic heterocycles. The van der Waals surface area contributed by atoms with E-state index in [2.05, 4.69) is 5.32 Å². The Morgan fingerprint density at radius 2 is 1.71 bits per heavy atom. The largest absolute Gasteiger partial charge is 0.481 e. The number of carbonyl (C=O) groups excluding carboxylic acids is 1. The normalized spacial score (nSPS) is 9.94. The minimum Gasteiger partial charge on any atom is -0.481 e. The van der Waals surface area contributed by atoms with E-state index in [1.165, 1.54) is 0 Å². The Hall–Kier alpha value is -1.84. The minimum absolute atomic E-state index is 0.0701. The fourth-order valence-electron chi connectivity index (χ4n) is 1.42. The molecule has 2 N–H and O–H groups in total. The van der Waals surface area contributed by atoms with Crippen LogP contribution < -0.4 is 5.32 Å². The lowest BCUT2D eigenvalue weighted by Gasteiger charge is -2.04. The third-order valence-corrected chi connectivity index (χ3v) is 2.38. The molecule has 1 aromatic carbocycles. The van der Waals surface area contributed by atoms with Gasteiger partial charge in [-0.2, -0.15) is 0 Å². The standard InChI is InChI=1S/C13H17NO3/c1-10-6-8-11(9-7-10)14-12(15)4-2-3-5-13(16)17/h6-9H,2-5H2,1H3,(H,14,15)(H,16,17). The summed E-state index contributed by atoms with van der Waals surface area (Å²) in [5.74, 6) is -0.886. The summed E-state index contributed by atoms with van der Waals surface area (Å²) in [6.45, 7) is 1.98. The molecule has 0 aliphatic rings. The zero-order chi connectivity index (χ0) is 12.7. The molecule has 0 heterocycles. The van der Waals surface area contributed by atoms with E-state index in [-0.39, 0.29) is 12.3 Å². The van der Waals surface area contributed by atoms with E-state index < -0.39 is 5.97 Å². The number of aryl methyl sites for hydroxylation is 1. The minimum atomic E-state index is -0.816. The van der Waals surface area contributed by atoms with E-state index in [9.17, 15) is 9.59 Å². The topological polar surface area (TPSA) is 66.4 Å². The van der Waals surface area contributed by atoms with Gasteiger partial charge in [0.25, 0.3) is 0 Å². The van der Waals surface area contributed by atoms with Crippen LogP contribution >= 0.6 is 0 Å². The second-order valence-corrected chi connectivity index (χ2v) is 4.02. The molecule has 0 unspecified atom stereocenters. The van der Waals surface area contributed by atoms with Crippen LogP contribution in [-0.4, -0.2) is 17.0 Å². The van der Waals surface area contributed by atoms with Crippen molar-refractivity contribution in [3.05, 3.63) is 29.8 Å². The fourth-order valence-corrected chi connectivity index (χ4v) is 1.42. The first kappa shape index (κ1) is 13.2. The lowest BCUT2D eigenvalue weighted by molar-refractivity contribution is -0.137. The van der Waals surface area contributed by atoms with Crippen molar-refractivity contribution < 1.29 is 14.7 Å². The van der Waals surface area contributed by atoms with Gasteiger partial charge in [-0.05, 0) is 31.9 Å². The van der Waals surface area contributed by atoms with Crippen LogP contribution in [0.2, 0.25) is 0 Å². The molecule has 1 rings (SSSR count). The first-order chi connectivity index (χ1) is 8.08. The average molecular weight is 235 g/mol. The molecule has 0 fully saturated rings. The van der Waals surface area contributed by atoms with Crippen molar-refractivity contribution in [3.8, 4) is 0 Å². The molecular weight excluding hydrogens is 218 g/mol. The molecule has 1 aromatic rings. The number of hydrogen-bond acceptors (Lipinski definition) is 2. The zero-order valence-electron chi connectivity index (χ0n) is 9.90. The van der Waals surface area contributed by atoms with Crippen molar-refractivity contribution in [1.29, 1.82) is 0 Å². The number of rotatable bonds is 6. The van der Waals surface area contributed by atoms with Crippen LogP contribution in [0.4, 0.5) is 5.69 Å². The van der Waals surface area contributed by atoms with Gasteiger partial charge in [-0.3, -0.25) is 9.59 Å². The number of benzene rings is 1. The monoisotopic (exact) mass is 235 g/mol. The highest BCUT2D eigenvalue weighted by Gasteiger charge is 2.03.